The predicted molar refractivity (Wildman–Crippen MR) is 74.9 cm³/mol. The molecule has 1 heterocycles. The Morgan fingerprint density at radius 2 is 1.85 bits per heavy atom. The molecule has 0 saturated heterocycles. The largest absolute Gasteiger partial charge is 0.383 e. The minimum Gasteiger partial charge on any atom is -0.383 e. The molecule has 0 unspecified atom stereocenters. The highest BCUT2D eigenvalue weighted by atomic mass is 19.1. The molecule has 4 nitrogen and oxygen atoms in total. The van der Waals surface area contributed by atoms with Crippen molar-refractivity contribution >= 4 is 17.3 Å². The van der Waals surface area contributed by atoms with Crippen LogP contribution in [-0.4, -0.2) is 9.97 Å². The molecule has 1 aromatic heterocycles. The summed E-state index contributed by atoms with van der Waals surface area (Å²) in [6.07, 6.45) is 1.28. The predicted octanol–water partition coefficient (Wildman–Crippen LogP) is 3.51. The molecule has 2 rings (SSSR count). The summed E-state index contributed by atoms with van der Waals surface area (Å²) in [6.45, 7) is 5.35. The summed E-state index contributed by atoms with van der Waals surface area (Å²) in [5, 5.41) is 2.78. The number of nitrogen functional groups attached to an aromatic ring is 1. The van der Waals surface area contributed by atoms with Crippen molar-refractivity contribution in [2.75, 3.05) is 11.1 Å². The summed E-state index contributed by atoms with van der Waals surface area (Å²) in [4.78, 5) is 7.97. The van der Waals surface area contributed by atoms with Crippen LogP contribution in [-0.2, 0) is 0 Å². The monoisotopic (exact) mass is 278 g/mol. The van der Waals surface area contributed by atoms with Crippen molar-refractivity contribution in [3.8, 4) is 0 Å². The topological polar surface area (TPSA) is 63.8 Å². The number of anilines is 3. The number of halogens is 2. The molecular formula is C14H16F2N4. The maximum absolute atomic E-state index is 13.8. The average Bonchev–Trinajstić information content (AvgIpc) is 2.35. The van der Waals surface area contributed by atoms with Gasteiger partial charge in [0.15, 0.2) is 0 Å². The standard InChI is InChI=1S/C14H16F2N4/c1-7(2)12-13(17)18-6-19-14(12)20-11-5-9(15)8(3)4-10(11)16/h4-7H,1-3H3,(H3,17,18,19,20). The van der Waals surface area contributed by atoms with E-state index in [2.05, 4.69) is 15.3 Å². The summed E-state index contributed by atoms with van der Waals surface area (Å²) in [5.41, 5.74) is 6.75. The van der Waals surface area contributed by atoms with Crippen LogP contribution in [0.25, 0.3) is 0 Å². The maximum Gasteiger partial charge on any atom is 0.147 e. The molecule has 0 spiro atoms. The molecule has 0 radical (unpaired) electrons. The van der Waals surface area contributed by atoms with Crippen LogP contribution < -0.4 is 11.1 Å². The van der Waals surface area contributed by atoms with E-state index in [0.717, 1.165) is 12.1 Å². The Balaban J connectivity index is 2.45. The highest BCUT2D eigenvalue weighted by molar-refractivity contribution is 5.65. The van der Waals surface area contributed by atoms with Gasteiger partial charge in [-0.2, -0.15) is 0 Å². The number of benzene rings is 1. The molecule has 1 aromatic carbocycles. The van der Waals surface area contributed by atoms with E-state index in [1.807, 2.05) is 13.8 Å². The number of nitrogens with two attached hydrogens (primary N) is 1. The molecule has 0 saturated carbocycles. The van der Waals surface area contributed by atoms with Gasteiger partial charge in [0.25, 0.3) is 0 Å². The van der Waals surface area contributed by atoms with E-state index < -0.39 is 11.6 Å². The van der Waals surface area contributed by atoms with E-state index in [1.54, 1.807) is 0 Å². The van der Waals surface area contributed by atoms with Gasteiger partial charge in [-0.3, -0.25) is 0 Å². The Bertz CT molecular complexity index is 641. The third-order valence-corrected chi connectivity index (χ3v) is 2.99. The first kappa shape index (κ1) is 14.2. The fraction of sp³-hybridized carbons (Fsp3) is 0.286. The van der Waals surface area contributed by atoms with Gasteiger partial charge in [0.05, 0.1) is 5.69 Å². The summed E-state index contributed by atoms with van der Waals surface area (Å²) >= 11 is 0. The molecule has 0 aliphatic heterocycles. The van der Waals surface area contributed by atoms with Crippen LogP contribution in [0.2, 0.25) is 0 Å². The quantitative estimate of drug-likeness (QED) is 0.901. The number of aromatic nitrogens is 2. The lowest BCUT2D eigenvalue weighted by molar-refractivity contribution is 0.595. The van der Waals surface area contributed by atoms with E-state index in [0.29, 0.717) is 17.2 Å². The first-order chi connectivity index (χ1) is 9.40. The molecule has 0 atom stereocenters. The first-order valence-electron chi connectivity index (χ1n) is 6.23. The van der Waals surface area contributed by atoms with Crippen molar-refractivity contribution in [3.63, 3.8) is 0 Å². The van der Waals surface area contributed by atoms with Crippen molar-refractivity contribution in [2.24, 2.45) is 0 Å². The smallest absolute Gasteiger partial charge is 0.147 e. The first-order valence-corrected chi connectivity index (χ1v) is 6.23. The van der Waals surface area contributed by atoms with Crippen LogP contribution in [0.3, 0.4) is 0 Å². The Labute approximate surface area is 116 Å². The van der Waals surface area contributed by atoms with Crippen LogP contribution in [0, 0.1) is 18.6 Å². The van der Waals surface area contributed by atoms with Crippen molar-refractivity contribution in [3.05, 3.63) is 41.2 Å². The fourth-order valence-corrected chi connectivity index (χ4v) is 1.95. The highest BCUT2D eigenvalue weighted by Gasteiger charge is 2.15. The lowest BCUT2D eigenvalue weighted by Gasteiger charge is -2.15. The highest BCUT2D eigenvalue weighted by Crippen LogP contribution is 2.30. The van der Waals surface area contributed by atoms with Crippen LogP contribution in [0.1, 0.15) is 30.9 Å². The fourth-order valence-electron chi connectivity index (χ4n) is 1.95. The minimum absolute atomic E-state index is 0.0214. The second-order valence-corrected chi connectivity index (χ2v) is 4.88. The third-order valence-electron chi connectivity index (χ3n) is 2.99. The Hall–Kier alpha value is -2.24. The normalized spacial score (nSPS) is 10.9. The van der Waals surface area contributed by atoms with Gasteiger partial charge in [-0.25, -0.2) is 18.7 Å². The SMILES string of the molecule is Cc1cc(F)c(Nc2ncnc(N)c2C(C)C)cc1F. The van der Waals surface area contributed by atoms with Gasteiger partial charge >= 0.3 is 0 Å². The van der Waals surface area contributed by atoms with Gasteiger partial charge in [-0.05, 0) is 24.5 Å². The number of rotatable bonds is 3. The molecule has 0 aliphatic rings. The molecule has 0 aliphatic carbocycles. The van der Waals surface area contributed by atoms with E-state index in [-0.39, 0.29) is 17.2 Å². The van der Waals surface area contributed by atoms with Gasteiger partial charge < -0.3 is 11.1 Å². The van der Waals surface area contributed by atoms with Crippen LogP contribution in [0.4, 0.5) is 26.1 Å². The zero-order valence-corrected chi connectivity index (χ0v) is 11.5. The van der Waals surface area contributed by atoms with Crippen molar-refractivity contribution in [1.82, 2.24) is 9.97 Å². The summed E-state index contributed by atoms with van der Waals surface area (Å²) < 4.78 is 27.4. The molecule has 6 heteroatoms. The minimum atomic E-state index is -0.546. The summed E-state index contributed by atoms with van der Waals surface area (Å²) in [5.74, 6) is -0.269. The van der Waals surface area contributed by atoms with Gasteiger partial charge in [-0.15, -0.1) is 0 Å². The van der Waals surface area contributed by atoms with Crippen LogP contribution in [0.15, 0.2) is 18.5 Å². The molecule has 2 aromatic rings. The molecule has 106 valence electrons. The zero-order chi connectivity index (χ0) is 14.9. The Morgan fingerprint density at radius 3 is 2.50 bits per heavy atom. The Kier molecular flexibility index (Phi) is 3.83. The van der Waals surface area contributed by atoms with E-state index in [4.69, 9.17) is 5.73 Å². The van der Waals surface area contributed by atoms with Gasteiger partial charge in [0, 0.05) is 11.6 Å². The molecule has 0 fully saturated rings. The summed E-state index contributed by atoms with van der Waals surface area (Å²) in [7, 11) is 0. The summed E-state index contributed by atoms with van der Waals surface area (Å²) in [6, 6.07) is 2.24. The molecule has 3 N–H and O–H groups in total. The zero-order valence-electron chi connectivity index (χ0n) is 11.5. The van der Waals surface area contributed by atoms with E-state index in [1.165, 1.54) is 13.3 Å². The van der Waals surface area contributed by atoms with Gasteiger partial charge in [0.2, 0.25) is 0 Å². The number of hydrogen-bond acceptors (Lipinski definition) is 4. The molecule has 0 bridgehead atoms. The lowest BCUT2D eigenvalue weighted by atomic mass is 10.0. The number of nitrogens with zero attached hydrogens (tertiary/aromatic N) is 2. The van der Waals surface area contributed by atoms with Crippen LogP contribution in [0.5, 0.6) is 0 Å². The number of hydrogen-bond donors (Lipinski definition) is 2. The van der Waals surface area contributed by atoms with Gasteiger partial charge in [-0.1, -0.05) is 13.8 Å². The maximum atomic E-state index is 13.8. The molecular weight excluding hydrogens is 262 g/mol. The van der Waals surface area contributed by atoms with Crippen molar-refractivity contribution in [2.45, 2.75) is 26.7 Å². The van der Waals surface area contributed by atoms with Crippen molar-refractivity contribution in [1.29, 1.82) is 0 Å². The van der Waals surface area contributed by atoms with E-state index in [9.17, 15) is 8.78 Å². The van der Waals surface area contributed by atoms with Crippen LogP contribution >= 0.6 is 0 Å². The Morgan fingerprint density at radius 1 is 1.15 bits per heavy atom. The van der Waals surface area contributed by atoms with E-state index >= 15 is 0 Å². The van der Waals surface area contributed by atoms with Crippen molar-refractivity contribution < 1.29 is 8.78 Å². The lowest BCUT2D eigenvalue weighted by Crippen LogP contribution is -2.07. The molecule has 20 heavy (non-hydrogen) atoms. The average molecular weight is 278 g/mol. The third kappa shape index (κ3) is 2.68. The molecule has 0 amide bonds. The number of nitrogens with one attached hydrogen (secondary N) is 1. The van der Waals surface area contributed by atoms with Gasteiger partial charge in [0.1, 0.15) is 29.6 Å². The second-order valence-electron chi connectivity index (χ2n) is 4.88. The second kappa shape index (κ2) is 5.40. The number of aryl methyl sites for hydroxylation is 1.